The molecule has 0 spiro atoms. The summed E-state index contributed by atoms with van der Waals surface area (Å²) in [6.45, 7) is 7.31. The second kappa shape index (κ2) is 13.5. The van der Waals surface area contributed by atoms with Gasteiger partial charge in [0, 0.05) is 57.3 Å². The molecule has 3 heterocycles. The van der Waals surface area contributed by atoms with Crippen LogP contribution in [0.4, 0.5) is 0 Å². The maximum absolute atomic E-state index is 12.5. The van der Waals surface area contributed by atoms with Crippen molar-refractivity contribution in [1.82, 2.24) is 24.7 Å². The molecule has 0 unspecified atom stereocenters. The SMILES string of the molecule is COc1nc(OC)c(CN2C[C@@H]3CN(C(=O)CO)CCN3[C@H](C(c3ccccc3)c3ccccc3)C2)c(OC(C)C)n1. The molecule has 0 bridgehead atoms. The van der Waals surface area contributed by atoms with E-state index in [4.69, 9.17) is 14.2 Å². The first-order chi connectivity index (χ1) is 20.4. The van der Waals surface area contributed by atoms with Crippen LogP contribution < -0.4 is 14.2 Å². The lowest BCUT2D eigenvalue weighted by atomic mass is 9.81. The van der Waals surface area contributed by atoms with Crippen LogP contribution in [-0.2, 0) is 11.3 Å². The molecule has 1 N–H and O–H groups in total. The Morgan fingerprint density at radius 2 is 1.55 bits per heavy atom. The maximum Gasteiger partial charge on any atom is 0.322 e. The van der Waals surface area contributed by atoms with Crippen LogP contribution in [0.3, 0.4) is 0 Å². The Hall–Kier alpha value is -3.73. The predicted octanol–water partition coefficient (Wildman–Crippen LogP) is 2.80. The molecule has 0 saturated carbocycles. The van der Waals surface area contributed by atoms with E-state index in [0.29, 0.717) is 31.4 Å². The highest BCUT2D eigenvalue weighted by molar-refractivity contribution is 5.77. The molecule has 5 rings (SSSR count). The van der Waals surface area contributed by atoms with E-state index in [1.165, 1.54) is 18.2 Å². The number of methoxy groups -OCH3 is 2. The molecule has 2 atom stereocenters. The molecule has 2 saturated heterocycles. The summed E-state index contributed by atoms with van der Waals surface area (Å²) in [7, 11) is 3.11. The minimum absolute atomic E-state index is 0.0718. The third-order valence-corrected chi connectivity index (χ3v) is 8.07. The molecule has 224 valence electrons. The number of aromatic nitrogens is 2. The Morgan fingerprint density at radius 3 is 2.12 bits per heavy atom. The molecule has 10 heteroatoms. The molecule has 2 aliphatic rings. The zero-order valence-corrected chi connectivity index (χ0v) is 24.8. The number of benzene rings is 2. The van der Waals surface area contributed by atoms with Crippen molar-refractivity contribution in [2.45, 2.75) is 44.5 Å². The second-order valence-corrected chi connectivity index (χ2v) is 11.1. The summed E-state index contributed by atoms with van der Waals surface area (Å²) in [6.07, 6.45) is -0.102. The lowest BCUT2D eigenvalue weighted by molar-refractivity contribution is -0.139. The minimum Gasteiger partial charge on any atom is -0.481 e. The molecule has 2 fully saturated rings. The average Bonchev–Trinajstić information content (AvgIpc) is 3.02. The molecular formula is C32H41N5O5. The van der Waals surface area contributed by atoms with E-state index in [1.54, 1.807) is 12.0 Å². The van der Waals surface area contributed by atoms with Gasteiger partial charge in [-0.3, -0.25) is 14.6 Å². The number of fused-ring (bicyclic) bond motifs is 1. The quantitative estimate of drug-likeness (QED) is 0.391. The van der Waals surface area contributed by atoms with E-state index in [1.807, 2.05) is 26.0 Å². The van der Waals surface area contributed by atoms with Crippen LogP contribution >= 0.6 is 0 Å². The van der Waals surface area contributed by atoms with Gasteiger partial charge in [0.2, 0.25) is 17.7 Å². The van der Waals surface area contributed by atoms with Gasteiger partial charge in [0.25, 0.3) is 0 Å². The Bertz CT molecular complexity index is 1290. The lowest BCUT2D eigenvalue weighted by Gasteiger charge is -2.53. The standard InChI is InChI=1S/C32H41N5O5/c1-22(2)42-31-26(30(40-3)33-32(34-31)41-4)19-35-17-25-18-36(28(39)21-38)15-16-37(25)27(20-35)29(23-11-7-5-8-12-23)24-13-9-6-10-14-24/h5-14,22,25,27,29,38H,15-21H2,1-4H3/t25-,27+/m1/s1. The monoisotopic (exact) mass is 575 g/mol. The normalized spacial score (nSPS) is 19.5. The molecular weight excluding hydrogens is 534 g/mol. The number of rotatable bonds is 10. The zero-order chi connectivity index (χ0) is 29.6. The van der Waals surface area contributed by atoms with Gasteiger partial charge >= 0.3 is 6.01 Å². The smallest absolute Gasteiger partial charge is 0.322 e. The van der Waals surface area contributed by atoms with Gasteiger partial charge in [-0.25, -0.2) is 0 Å². The average molecular weight is 576 g/mol. The van der Waals surface area contributed by atoms with E-state index in [2.05, 4.69) is 68.3 Å². The molecule has 0 radical (unpaired) electrons. The fourth-order valence-electron chi connectivity index (χ4n) is 6.29. The van der Waals surface area contributed by atoms with Gasteiger partial charge in [-0.15, -0.1) is 0 Å². The number of piperazine rings is 2. The number of aliphatic hydroxyl groups excluding tert-OH is 1. The summed E-state index contributed by atoms with van der Waals surface area (Å²) in [5.41, 5.74) is 3.25. The molecule has 1 amide bonds. The molecule has 0 aliphatic carbocycles. The summed E-state index contributed by atoms with van der Waals surface area (Å²) in [6, 6.07) is 21.7. The highest BCUT2D eigenvalue weighted by Crippen LogP contribution is 2.37. The van der Waals surface area contributed by atoms with Gasteiger partial charge < -0.3 is 24.2 Å². The fraction of sp³-hybridized carbons (Fsp3) is 0.469. The highest BCUT2D eigenvalue weighted by atomic mass is 16.5. The van der Waals surface area contributed by atoms with E-state index in [-0.39, 0.29) is 36.0 Å². The number of carbonyl (C=O) groups is 1. The fourth-order valence-corrected chi connectivity index (χ4v) is 6.29. The first kappa shape index (κ1) is 29.8. The van der Waals surface area contributed by atoms with Crippen molar-refractivity contribution < 1.29 is 24.1 Å². The van der Waals surface area contributed by atoms with E-state index >= 15 is 0 Å². The van der Waals surface area contributed by atoms with Crippen molar-refractivity contribution in [2.75, 3.05) is 53.6 Å². The number of aliphatic hydroxyl groups is 1. The van der Waals surface area contributed by atoms with Crippen LogP contribution in [0.25, 0.3) is 0 Å². The van der Waals surface area contributed by atoms with Gasteiger partial charge in [0.1, 0.15) is 6.61 Å². The van der Waals surface area contributed by atoms with Crippen LogP contribution in [-0.4, -0.2) is 107 Å². The van der Waals surface area contributed by atoms with Crippen molar-refractivity contribution in [3.8, 4) is 17.8 Å². The Kier molecular flexibility index (Phi) is 9.56. The summed E-state index contributed by atoms with van der Waals surface area (Å²) in [5, 5.41) is 9.60. The maximum atomic E-state index is 12.5. The molecule has 1 aromatic heterocycles. The van der Waals surface area contributed by atoms with Crippen molar-refractivity contribution in [3.63, 3.8) is 0 Å². The lowest BCUT2D eigenvalue weighted by Crippen LogP contribution is -2.67. The zero-order valence-electron chi connectivity index (χ0n) is 24.8. The summed E-state index contributed by atoms with van der Waals surface area (Å²) in [4.78, 5) is 28.3. The number of hydrogen-bond acceptors (Lipinski definition) is 9. The third kappa shape index (κ3) is 6.51. The molecule has 2 aromatic carbocycles. The Labute approximate surface area is 247 Å². The van der Waals surface area contributed by atoms with Gasteiger partial charge in [-0.1, -0.05) is 60.7 Å². The first-order valence-electron chi connectivity index (χ1n) is 14.5. The Morgan fingerprint density at radius 1 is 0.905 bits per heavy atom. The number of carbonyl (C=O) groups excluding carboxylic acids is 1. The van der Waals surface area contributed by atoms with Gasteiger partial charge in [0.05, 0.1) is 25.9 Å². The van der Waals surface area contributed by atoms with Crippen molar-refractivity contribution in [1.29, 1.82) is 0 Å². The highest BCUT2D eigenvalue weighted by Gasteiger charge is 2.43. The largest absolute Gasteiger partial charge is 0.481 e. The van der Waals surface area contributed by atoms with Crippen LogP contribution in [0.15, 0.2) is 60.7 Å². The summed E-state index contributed by atoms with van der Waals surface area (Å²) < 4.78 is 17.2. The molecule has 3 aromatic rings. The van der Waals surface area contributed by atoms with E-state index in [9.17, 15) is 9.90 Å². The third-order valence-electron chi connectivity index (χ3n) is 8.07. The number of amides is 1. The van der Waals surface area contributed by atoms with Gasteiger partial charge in [0.15, 0.2) is 0 Å². The van der Waals surface area contributed by atoms with E-state index in [0.717, 1.165) is 25.2 Å². The summed E-state index contributed by atoms with van der Waals surface area (Å²) in [5.74, 6) is 0.734. The molecule has 42 heavy (non-hydrogen) atoms. The topological polar surface area (TPSA) is 100 Å². The van der Waals surface area contributed by atoms with Gasteiger partial charge in [-0.05, 0) is 25.0 Å². The van der Waals surface area contributed by atoms with Crippen LogP contribution in [0.1, 0.15) is 36.5 Å². The summed E-state index contributed by atoms with van der Waals surface area (Å²) >= 11 is 0. The molecule has 10 nitrogen and oxygen atoms in total. The van der Waals surface area contributed by atoms with Crippen LogP contribution in [0.2, 0.25) is 0 Å². The van der Waals surface area contributed by atoms with Crippen molar-refractivity contribution >= 4 is 5.91 Å². The van der Waals surface area contributed by atoms with Gasteiger partial charge in [-0.2, -0.15) is 9.97 Å². The minimum atomic E-state index is -0.479. The van der Waals surface area contributed by atoms with E-state index < -0.39 is 6.61 Å². The van der Waals surface area contributed by atoms with Crippen molar-refractivity contribution in [3.05, 3.63) is 77.4 Å². The van der Waals surface area contributed by atoms with Crippen LogP contribution in [0, 0.1) is 0 Å². The number of nitrogens with zero attached hydrogens (tertiary/aromatic N) is 5. The Balaban J connectivity index is 1.55. The van der Waals surface area contributed by atoms with Crippen LogP contribution in [0.5, 0.6) is 17.8 Å². The number of ether oxygens (including phenoxy) is 3. The van der Waals surface area contributed by atoms with Crippen molar-refractivity contribution in [2.24, 2.45) is 0 Å². The predicted molar refractivity (Wildman–Crippen MR) is 159 cm³/mol. The number of hydrogen-bond donors (Lipinski definition) is 1. The second-order valence-electron chi connectivity index (χ2n) is 11.1. The first-order valence-corrected chi connectivity index (χ1v) is 14.5. The molecule has 2 aliphatic heterocycles.